The van der Waals surface area contributed by atoms with Gasteiger partial charge in [-0.3, -0.25) is 4.79 Å². The molecule has 0 saturated carbocycles. The van der Waals surface area contributed by atoms with Crippen molar-refractivity contribution in [3.63, 3.8) is 0 Å². The van der Waals surface area contributed by atoms with Gasteiger partial charge in [-0.25, -0.2) is 0 Å². The van der Waals surface area contributed by atoms with Crippen LogP contribution in [-0.2, 0) is 0 Å². The quantitative estimate of drug-likeness (QED) is 0.557. The molecule has 0 amide bonds. The van der Waals surface area contributed by atoms with Crippen molar-refractivity contribution in [1.82, 2.24) is 0 Å². The van der Waals surface area contributed by atoms with Gasteiger partial charge < -0.3 is 21.3 Å². The zero-order valence-electron chi connectivity index (χ0n) is 16.2. The van der Waals surface area contributed by atoms with Gasteiger partial charge in [-0.05, 0) is 64.1 Å². The SMILES string of the molecule is CCN(CC)c1ccc(C(=O)c2ccc(N(CC)CC)cc2N)c(N)c1. The molecule has 26 heavy (non-hydrogen) atoms. The number of hydrogen-bond donors (Lipinski definition) is 2. The maximum atomic E-state index is 12.9. The van der Waals surface area contributed by atoms with Gasteiger partial charge in [-0.2, -0.15) is 0 Å². The van der Waals surface area contributed by atoms with Crippen molar-refractivity contribution in [3.05, 3.63) is 47.5 Å². The third-order valence-electron chi connectivity index (χ3n) is 4.82. The van der Waals surface area contributed by atoms with Crippen LogP contribution >= 0.6 is 0 Å². The zero-order valence-corrected chi connectivity index (χ0v) is 16.2. The number of carbonyl (C=O) groups excluding carboxylic acids is 1. The molecule has 0 atom stereocenters. The largest absolute Gasteiger partial charge is 0.398 e. The van der Waals surface area contributed by atoms with Crippen molar-refractivity contribution in [1.29, 1.82) is 0 Å². The summed E-state index contributed by atoms with van der Waals surface area (Å²) in [7, 11) is 0. The van der Waals surface area contributed by atoms with Crippen molar-refractivity contribution in [2.75, 3.05) is 47.4 Å². The maximum absolute atomic E-state index is 12.9. The van der Waals surface area contributed by atoms with Gasteiger partial charge in [0.15, 0.2) is 5.78 Å². The highest BCUT2D eigenvalue weighted by Gasteiger charge is 2.17. The first kappa shape index (κ1) is 19.6. The van der Waals surface area contributed by atoms with Crippen molar-refractivity contribution in [3.8, 4) is 0 Å². The van der Waals surface area contributed by atoms with Gasteiger partial charge in [-0.15, -0.1) is 0 Å². The van der Waals surface area contributed by atoms with Gasteiger partial charge in [0.05, 0.1) is 0 Å². The number of nitrogen functional groups attached to an aromatic ring is 2. The number of anilines is 4. The van der Waals surface area contributed by atoms with Crippen LogP contribution in [0, 0.1) is 0 Å². The molecule has 4 N–H and O–H groups in total. The highest BCUT2D eigenvalue weighted by atomic mass is 16.1. The van der Waals surface area contributed by atoms with Crippen LogP contribution in [0.5, 0.6) is 0 Å². The van der Waals surface area contributed by atoms with E-state index in [0.29, 0.717) is 22.5 Å². The van der Waals surface area contributed by atoms with Crippen LogP contribution in [0.1, 0.15) is 43.6 Å². The molecule has 0 aliphatic carbocycles. The van der Waals surface area contributed by atoms with Crippen molar-refractivity contribution >= 4 is 28.5 Å². The first-order valence-electron chi connectivity index (χ1n) is 9.30. The Labute approximate surface area is 156 Å². The van der Waals surface area contributed by atoms with E-state index in [9.17, 15) is 4.79 Å². The number of nitrogens with zero attached hydrogens (tertiary/aromatic N) is 2. The Bertz CT molecular complexity index is 701. The van der Waals surface area contributed by atoms with E-state index in [-0.39, 0.29) is 5.78 Å². The summed E-state index contributed by atoms with van der Waals surface area (Å²) in [5.74, 6) is -0.141. The molecule has 0 saturated heterocycles. The summed E-state index contributed by atoms with van der Waals surface area (Å²) in [5.41, 5.74) is 16.3. The third-order valence-corrected chi connectivity index (χ3v) is 4.82. The Balaban J connectivity index is 2.34. The van der Waals surface area contributed by atoms with Crippen LogP contribution in [0.3, 0.4) is 0 Å². The summed E-state index contributed by atoms with van der Waals surface area (Å²) in [5, 5.41) is 0. The van der Waals surface area contributed by atoms with Gasteiger partial charge in [-0.1, -0.05) is 0 Å². The van der Waals surface area contributed by atoms with Gasteiger partial charge >= 0.3 is 0 Å². The number of benzene rings is 2. The molecule has 0 aliphatic heterocycles. The lowest BCUT2D eigenvalue weighted by molar-refractivity contribution is 0.104. The maximum Gasteiger partial charge on any atom is 0.197 e. The summed E-state index contributed by atoms with van der Waals surface area (Å²) < 4.78 is 0. The second-order valence-electron chi connectivity index (χ2n) is 6.22. The summed E-state index contributed by atoms with van der Waals surface area (Å²) in [6, 6.07) is 11.2. The van der Waals surface area contributed by atoms with Crippen molar-refractivity contribution in [2.24, 2.45) is 0 Å². The van der Waals surface area contributed by atoms with E-state index in [0.717, 1.165) is 37.6 Å². The van der Waals surface area contributed by atoms with Crippen LogP contribution in [0.4, 0.5) is 22.7 Å². The molecule has 0 bridgehead atoms. The molecule has 2 aromatic rings. The number of rotatable bonds is 8. The first-order valence-corrected chi connectivity index (χ1v) is 9.30. The Hall–Kier alpha value is -2.69. The first-order chi connectivity index (χ1) is 12.5. The minimum absolute atomic E-state index is 0.141. The highest BCUT2D eigenvalue weighted by Crippen LogP contribution is 2.27. The fourth-order valence-electron chi connectivity index (χ4n) is 3.23. The normalized spacial score (nSPS) is 10.6. The Morgan fingerprint density at radius 1 is 0.731 bits per heavy atom. The average Bonchev–Trinajstić information content (AvgIpc) is 2.63. The molecule has 0 spiro atoms. The number of carbonyl (C=O) groups is 1. The summed E-state index contributed by atoms with van der Waals surface area (Å²) >= 11 is 0. The smallest absolute Gasteiger partial charge is 0.197 e. The molecular formula is C21H30N4O. The third kappa shape index (κ3) is 3.93. The number of nitrogens with two attached hydrogens (primary N) is 2. The number of hydrogen-bond acceptors (Lipinski definition) is 5. The molecular weight excluding hydrogens is 324 g/mol. The van der Waals surface area contributed by atoms with Gasteiger partial charge in [0.1, 0.15) is 0 Å². The molecule has 0 radical (unpaired) electrons. The molecule has 0 unspecified atom stereocenters. The predicted molar refractivity (Wildman–Crippen MR) is 112 cm³/mol. The monoisotopic (exact) mass is 354 g/mol. The topological polar surface area (TPSA) is 75.6 Å². The van der Waals surface area contributed by atoms with Crippen LogP contribution in [0.15, 0.2) is 36.4 Å². The fourth-order valence-corrected chi connectivity index (χ4v) is 3.23. The van der Waals surface area contributed by atoms with Gasteiger partial charge in [0, 0.05) is 60.1 Å². The molecule has 2 rings (SSSR count). The highest BCUT2D eigenvalue weighted by molar-refractivity contribution is 6.15. The molecule has 0 aromatic heterocycles. The molecule has 0 fully saturated rings. The fraction of sp³-hybridized carbons (Fsp3) is 0.381. The van der Waals surface area contributed by atoms with Crippen molar-refractivity contribution < 1.29 is 4.79 Å². The molecule has 140 valence electrons. The van der Waals surface area contributed by atoms with E-state index in [4.69, 9.17) is 11.5 Å². The van der Waals surface area contributed by atoms with Crippen molar-refractivity contribution in [2.45, 2.75) is 27.7 Å². The van der Waals surface area contributed by atoms with Gasteiger partial charge in [0.25, 0.3) is 0 Å². The minimum Gasteiger partial charge on any atom is -0.398 e. The second kappa shape index (κ2) is 8.61. The molecule has 5 nitrogen and oxygen atoms in total. The molecule has 0 aliphatic rings. The molecule has 2 aromatic carbocycles. The van der Waals surface area contributed by atoms with Gasteiger partial charge in [0.2, 0.25) is 0 Å². The standard InChI is InChI=1S/C21H30N4O/c1-5-24(6-2)15-9-11-17(19(22)13-15)21(26)18-12-10-16(14-20(18)23)25(7-3)8-4/h9-14H,5-8,22-23H2,1-4H3. The predicted octanol–water partition coefficient (Wildman–Crippen LogP) is 3.77. The lowest BCUT2D eigenvalue weighted by Gasteiger charge is -2.22. The van der Waals surface area contributed by atoms with E-state index in [1.807, 2.05) is 24.3 Å². The summed E-state index contributed by atoms with van der Waals surface area (Å²) in [6.45, 7) is 11.9. The molecule has 0 heterocycles. The number of ketones is 1. The van der Waals surface area contributed by atoms with E-state index in [1.165, 1.54) is 0 Å². The Morgan fingerprint density at radius 3 is 1.35 bits per heavy atom. The van der Waals surface area contributed by atoms with Crippen LogP contribution < -0.4 is 21.3 Å². The Morgan fingerprint density at radius 2 is 1.08 bits per heavy atom. The zero-order chi connectivity index (χ0) is 19.3. The molecule has 5 heteroatoms. The van der Waals surface area contributed by atoms with E-state index in [2.05, 4.69) is 37.5 Å². The average molecular weight is 354 g/mol. The van der Waals surface area contributed by atoms with Crippen LogP contribution in [0.2, 0.25) is 0 Å². The lowest BCUT2D eigenvalue weighted by atomic mass is 9.99. The second-order valence-corrected chi connectivity index (χ2v) is 6.22. The van der Waals surface area contributed by atoms with Crippen LogP contribution in [-0.4, -0.2) is 32.0 Å². The lowest BCUT2D eigenvalue weighted by Crippen LogP contribution is -2.22. The van der Waals surface area contributed by atoms with Crippen LogP contribution in [0.25, 0.3) is 0 Å². The summed E-state index contributed by atoms with van der Waals surface area (Å²) in [4.78, 5) is 17.3. The van der Waals surface area contributed by atoms with E-state index in [1.54, 1.807) is 12.1 Å². The summed E-state index contributed by atoms with van der Waals surface area (Å²) in [6.07, 6.45) is 0. The van der Waals surface area contributed by atoms with E-state index >= 15 is 0 Å². The minimum atomic E-state index is -0.141. The van der Waals surface area contributed by atoms with E-state index < -0.39 is 0 Å². The Kier molecular flexibility index (Phi) is 6.50.